The molecule has 0 unspecified atom stereocenters. The van der Waals surface area contributed by atoms with Gasteiger partial charge in [-0.1, -0.05) is 35.0 Å². The van der Waals surface area contributed by atoms with Gasteiger partial charge in [0.2, 0.25) is 0 Å². The molecular weight excluding hydrogens is 314 g/mol. The van der Waals surface area contributed by atoms with Crippen LogP contribution in [0.4, 0.5) is 0 Å². The van der Waals surface area contributed by atoms with Crippen LogP contribution < -0.4 is 5.32 Å². The molecule has 0 spiro atoms. The predicted octanol–water partition coefficient (Wildman–Crippen LogP) is 2.92. The number of nitrogens with one attached hydrogen (secondary N) is 1. The molecule has 102 valence electrons. The molecule has 0 heterocycles. The highest BCUT2D eigenvalue weighted by molar-refractivity contribution is 9.10. The monoisotopic (exact) mass is 333 g/mol. The summed E-state index contributed by atoms with van der Waals surface area (Å²) in [5, 5.41) is 3.34. The van der Waals surface area contributed by atoms with Gasteiger partial charge in [-0.3, -0.25) is 0 Å². The molecule has 0 aliphatic rings. The van der Waals surface area contributed by atoms with Crippen molar-refractivity contribution in [3.8, 4) is 0 Å². The summed E-state index contributed by atoms with van der Waals surface area (Å²) in [6.45, 7) is 4.49. The second-order valence-corrected chi connectivity index (χ2v) is 7.71. The minimum Gasteiger partial charge on any atom is -0.310 e. The smallest absolute Gasteiger partial charge is 0.150 e. The minimum absolute atomic E-state index is 0.231. The van der Waals surface area contributed by atoms with Crippen molar-refractivity contribution in [2.75, 3.05) is 18.1 Å². The van der Waals surface area contributed by atoms with Crippen molar-refractivity contribution in [2.24, 2.45) is 0 Å². The highest BCUT2D eigenvalue weighted by Crippen LogP contribution is 2.16. The van der Waals surface area contributed by atoms with Crippen molar-refractivity contribution in [2.45, 2.75) is 26.3 Å². The van der Waals surface area contributed by atoms with Gasteiger partial charge in [0.05, 0.1) is 5.75 Å². The SMILES string of the molecule is CCS(=O)(=O)CCCN[C@@H](C)c1ccc(Br)cc1. The summed E-state index contributed by atoms with van der Waals surface area (Å²) in [6, 6.07) is 8.38. The number of halogens is 1. The van der Waals surface area contributed by atoms with Gasteiger partial charge >= 0.3 is 0 Å². The Balaban J connectivity index is 2.34. The Bertz CT molecular complexity index is 456. The lowest BCUT2D eigenvalue weighted by molar-refractivity contribution is 0.560. The topological polar surface area (TPSA) is 46.2 Å². The van der Waals surface area contributed by atoms with E-state index in [4.69, 9.17) is 0 Å². The summed E-state index contributed by atoms with van der Waals surface area (Å²) in [6.07, 6.45) is 0.664. The van der Waals surface area contributed by atoms with Crippen LogP contribution in [0.25, 0.3) is 0 Å². The molecule has 3 nitrogen and oxygen atoms in total. The highest BCUT2D eigenvalue weighted by atomic mass is 79.9. The Morgan fingerprint density at radius 2 is 1.89 bits per heavy atom. The molecule has 5 heteroatoms. The fourth-order valence-electron chi connectivity index (χ4n) is 1.62. The third kappa shape index (κ3) is 5.50. The second-order valence-electron chi connectivity index (χ2n) is 4.32. The lowest BCUT2D eigenvalue weighted by atomic mass is 10.1. The normalized spacial score (nSPS) is 13.5. The Morgan fingerprint density at radius 3 is 2.44 bits per heavy atom. The third-order valence-electron chi connectivity index (χ3n) is 2.89. The van der Waals surface area contributed by atoms with Gasteiger partial charge in [-0.05, 0) is 37.6 Å². The van der Waals surface area contributed by atoms with Gasteiger partial charge in [-0.15, -0.1) is 0 Å². The van der Waals surface area contributed by atoms with E-state index in [-0.39, 0.29) is 17.5 Å². The first-order valence-corrected chi connectivity index (χ1v) is 8.75. The number of sulfone groups is 1. The van der Waals surface area contributed by atoms with Crippen LogP contribution in [0.3, 0.4) is 0 Å². The van der Waals surface area contributed by atoms with Gasteiger partial charge in [0.25, 0.3) is 0 Å². The third-order valence-corrected chi connectivity index (χ3v) is 5.21. The van der Waals surface area contributed by atoms with E-state index in [1.165, 1.54) is 5.56 Å². The van der Waals surface area contributed by atoms with E-state index in [0.717, 1.165) is 11.0 Å². The molecule has 1 atom stereocenters. The van der Waals surface area contributed by atoms with Crippen LogP contribution in [0.1, 0.15) is 31.9 Å². The van der Waals surface area contributed by atoms with Crippen LogP contribution in [0.5, 0.6) is 0 Å². The van der Waals surface area contributed by atoms with E-state index in [2.05, 4.69) is 40.3 Å². The van der Waals surface area contributed by atoms with Crippen LogP contribution >= 0.6 is 15.9 Å². The molecule has 18 heavy (non-hydrogen) atoms. The molecular formula is C13H20BrNO2S. The zero-order valence-electron chi connectivity index (χ0n) is 10.8. The molecule has 0 bridgehead atoms. The molecule has 1 N–H and O–H groups in total. The Morgan fingerprint density at radius 1 is 1.28 bits per heavy atom. The molecule has 0 aromatic heterocycles. The van der Waals surface area contributed by atoms with E-state index in [1.807, 2.05) is 12.1 Å². The van der Waals surface area contributed by atoms with E-state index in [0.29, 0.717) is 6.42 Å². The Labute approximate surface area is 118 Å². The summed E-state index contributed by atoms with van der Waals surface area (Å²) in [5.41, 5.74) is 1.21. The van der Waals surface area contributed by atoms with Crippen molar-refractivity contribution in [3.63, 3.8) is 0 Å². The van der Waals surface area contributed by atoms with E-state index in [9.17, 15) is 8.42 Å². The van der Waals surface area contributed by atoms with E-state index in [1.54, 1.807) is 6.92 Å². The number of hydrogen-bond acceptors (Lipinski definition) is 3. The van der Waals surface area contributed by atoms with Crippen LogP contribution in [0, 0.1) is 0 Å². The number of benzene rings is 1. The minimum atomic E-state index is -2.83. The molecule has 0 amide bonds. The van der Waals surface area contributed by atoms with Gasteiger partial charge in [0.15, 0.2) is 0 Å². The summed E-state index contributed by atoms with van der Waals surface area (Å²) >= 11 is 3.40. The summed E-state index contributed by atoms with van der Waals surface area (Å²) < 4.78 is 23.7. The quantitative estimate of drug-likeness (QED) is 0.780. The van der Waals surface area contributed by atoms with Crippen molar-refractivity contribution < 1.29 is 8.42 Å². The van der Waals surface area contributed by atoms with Crippen LogP contribution in [-0.4, -0.2) is 26.5 Å². The number of hydrogen-bond donors (Lipinski definition) is 1. The van der Waals surface area contributed by atoms with Crippen molar-refractivity contribution in [1.29, 1.82) is 0 Å². The maximum absolute atomic E-state index is 11.3. The van der Waals surface area contributed by atoms with Crippen LogP contribution in [-0.2, 0) is 9.84 Å². The molecule has 0 fully saturated rings. The molecule has 0 radical (unpaired) electrons. The average Bonchev–Trinajstić information content (AvgIpc) is 2.35. The van der Waals surface area contributed by atoms with Crippen molar-refractivity contribution in [3.05, 3.63) is 34.3 Å². The first-order valence-electron chi connectivity index (χ1n) is 6.14. The molecule has 0 saturated carbocycles. The maximum Gasteiger partial charge on any atom is 0.150 e. The van der Waals surface area contributed by atoms with Gasteiger partial charge in [-0.2, -0.15) is 0 Å². The average molecular weight is 334 g/mol. The zero-order valence-corrected chi connectivity index (χ0v) is 13.2. The predicted molar refractivity (Wildman–Crippen MR) is 79.5 cm³/mol. The molecule has 1 rings (SSSR count). The highest BCUT2D eigenvalue weighted by Gasteiger charge is 2.08. The Kier molecular flexibility index (Phi) is 6.32. The molecule has 1 aromatic rings. The van der Waals surface area contributed by atoms with Gasteiger partial charge in [0.1, 0.15) is 9.84 Å². The summed E-state index contributed by atoms with van der Waals surface area (Å²) in [4.78, 5) is 0. The van der Waals surface area contributed by atoms with Gasteiger partial charge in [0, 0.05) is 16.3 Å². The molecule has 1 aromatic carbocycles. The van der Waals surface area contributed by atoms with Crippen LogP contribution in [0.2, 0.25) is 0 Å². The van der Waals surface area contributed by atoms with Crippen molar-refractivity contribution >= 4 is 25.8 Å². The summed E-state index contributed by atoms with van der Waals surface area (Å²) in [5.74, 6) is 0.499. The van der Waals surface area contributed by atoms with E-state index >= 15 is 0 Å². The molecule has 0 aliphatic carbocycles. The molecule has 0 saturated heterocycles. The Hall–Kier alpha value is -0.390. The van der Waals surface area contributed by atoms with Crippen molar-refractivity contribution in [1.82, 2.24) is 5.32 Å². The van der Waals surface area contributed by atoms with Crippen LogP contribution in [0.15, 0.2) is 28.7 Å². The number of rotatable bonds is 7. The standard InChI is InChI=1S/C13H20BrNO2S/c1-3-18(16,17)10-4-9-15-11(2)12-5-7-13(14)8-6-12/h5-8,11,15H,3-4,9-10H2,1-2H3/t11-/m0/s1. The lowest BCUT2D eigenvalue weighted by Crippen LogP contribution is -2.22. The maximum atomic E-state index is 11.3. The van der Waals surface area contributed by atoms with Gasteiger partial charge < -0.3 is 5.32 Å². The van der Waals surface area contributed by atoms with E-state index < -0.39 is 9.84 Å². The first-order chi connectivity index (χ1) is 8.44. The fraction of sp³-hybridized carbons (Fsp3) is 0.538. The second kappa shape index (κ2) is 7.26. The molecule has 0 aliphatic heterocycles. The van der Waals surface area contributed by atoms with Gasteiger partial charge in [-0.25, -0.2) is 8.42 Å². The zero-order chi connectivity index (χ0) is 13.6. The largest absolute Gasteiger partial charge is 0.310 e. The summed E-state index contributed by atoms with van der Waals surface area (Å²) in [7, 11) is -2.83. The lowest BCUT2D eigenvalue weighted by Gasteiger charge is -2.14. The first kappa shape index (κ1) is 15.7. The fourth-order valence-corrected chi connectivity index (χ4v) is 2.76.